The molecule has 3 rings (SSSR count). The molecule has 0 spiro atoms. The average molecular weight is 249 g/mol. The monoisotopic (exact) mass is 249 g/mol. The van der Waals surface area contributed by atoms with Gasteiger partial charge >= 0.3 is 0 Å². The second-order valence-electron chi connectivity index (χ2n) is 5.40. The van der Waals surface area contributed by atoms with E-state index < -0.39 is 0 Å². The van der Waals surface area contributed by atoms with Gasteiger partial charge in [0, 0.05) is 6.04 Å². The largest absolute Gasteiger partial charge is 0.304 e. The van der Waals surface area contributed by atoms with E-state index in [0.29, 0.717) is 11.8 Å². The van der Waals surface area contributed by atoms with Crippen molar-refractivity contribution >= 4 is 17.1 Å². The summed E-state index contributed by atoms with van der Waals surface area (Å²) in [5.74, 6) is 1.07. The van der Waals surface area contributed by atoms with Gasteiger partial charge in [0.15, 0.2) is 5.78 Å². The Labute approximate surface area is 106 Å². The van der Waals surface area contributed by atoms with E-state index in [1.807, 2.05) is 18.4 Å². The van der Waals surface area contributed by atoms with Crippen molar-refractivity contribution in [2.24, 2.45) is 5.92 Å². The van der Waals surface area contributed by atoms with Crippen molar-refractivity contribution in [3.05, 3.63) is 21.9 Å². The van der Waals surface area contributed by atoms with E-state index in [0.717, 1.165) is 22.8 Å². The van der Waals surface area contributed by atoms with Gasteiger partial charge in [0.25, 0.3) is 0 Å². The third kappa shape index (κ3) is 2.06. The summed E-state index contributed by atoms with van der Waals surface area (Å²) >= 11 is 1.59. The first kappa shape index (κ1) is 11.4. The number of thiophene rings is 1. The summed E-state index contributed by atoms with van der Waals surface area (Å²) in [7, 11) is 0. The van der Waals surface area contributed by atoms with Crippen LogP contribution < -0.4 is 5.32 Å². The molecule has 0 amide bonds. The lowest BCUT2D eigenvalue weighted by molar-refractivity contribution is 0.0952. The van der Waals surface area contributed by atoms with Crippen molar-refractivity contribution in [1.29, 1.82) is 0 Å². The molecule has 2 nitrogen and oxygen atoms in total. The Balaban J connectivity index is 1.74. The minimum absolute atomic E-state index is 0.0837. The number of fused-ring (bicyclic) bond motifs is 1. The van der Waals surface area contributed by atoms with Gasteiger partial charge in [-0.05, 0) is 49.1 Å². The number of carbonyl (C=O) groups excluding carboxylic acids is 1. The highest BCUT2D eigenvalue weighted by Gasteiger charge is 2.38. The molecular weight excluding hydrogens is 230 g/mol. The lowest BCUT2D eigenvalue weighted by atomic mass is 9.85. The van der Waals surface area contributed by atoms with Crippen LogP contribution in [0.4, 0.5) is 0 Å². The molecule has 1 aromatic heterocycles. The zero-order valence-corrected chi connectivity index (χ0v) is 11.1. The molecular formula is C14H19NOS. The molecule has 2 fully saturated rings. The number of Topliss-reactive ketones (excluding diaryl/α,β-unsaturated/α-hetero) is 1. The van der Waals surface area contributed by atoms with Gasteiger partial charge in [0.1, 0.15) is 0 Å². The van der Waals surface area contributed by atoms with Crippen molar-refractivity contribution in [3.8, 4) is 0 Å². The van der Waals surface area contributed by atoms with Gasteiger partial charge in [0.2, 0.25) is 0 Å². The van der Waals surface area contributed by atoms with Crippen LogP contribution in [0.1, 0.15) is 47.3 Å². The molecule has 3 heteroatoms. The number of hydrogen-bond donors (Lipinski definition) is 1. The van der Waals surface area contributed by atoms with Gasteiger partial charge < -0.3 is 5.32 Å². The maximum Gasteiger partial charge on any atom is 0.189 e. The molecule has 1 aliphatic heterocycles. The van der Waals surface area contributed by atoms with Crippen molar-refractivity contribution < 1.29 is 4.79 Å². The number of rotatable bonds is 2. The lowest BCUT2D eigenvalue weighted by Crippen LogP contribution is -2.37. The molecule has 0 aromatic carbocycles. The zero-order chi connectivity index (χ0) is 11.8. The molecule has 0 radical (unpaired) electrons. The third-order valence-corrected chi connectivity index (χ3v) is 5.30. The predicted molar refractivity (Wildman–Crippen MR) is 70.7 cm³/mol. The average Bonchev–Trinajstić information content (AvgIpc) is 2.93. The summed E-state index contributed by atoms with van der Waals surface area (Å²) < 4.78 is 0. The highest BCUT2D eigenvalue weighted by molar-refractivity contribution is 7.12. The van der Waals surface area contributed by atoms with Crippen LogP contribution in [0.2, 0.25) is 0 Å². The minimum atomic E-state index is 0.0837. The van der Waals surface area contributed by atoms with Crippen LogP contribution in [0.15, 0.2) is 11.4 Å². The highest BCUT2D eigenvalue weighted by atomic mass is 32.1. The van der Waals surface area contributed by atoms with E-state index in [-0.39, 0.29) is 6.04 Å². The van der Waals surface area contributed by atoms with Gasteiger partial charge in [0.05, 0.1) is 10.9 Å². The van der Waals surface area contributed by atoms with Crippen LogP contribution in [-0.4, -0.2) is 17.9 Å². The van der Waals surface area contributed by atoms with Crippen molar-refractivity contribution in [2.45, 2.75) is 51.1 Å². The number of hydrogen-bond acceptors (Lipinski definition) is 3. The third-order valence-electron chi connectivity index (χ3n) is 4.27. The smallest absolute Gasteiger partial charge is 0.189 e. The van der Waals surface area contributed by atoms with Crippen LogP contribution in [0.25, 0.3) is 0 Å². The molecule has 1 aliphatic carbocycles. The SMILES string of the molecule is Cc1ccsc1C(=O)C1CC2CCCCC2N1. The minimum Gasteiger partial charge on any atom is -0.304 e. The summed E-state index contributed by atoms with van der Waals surface area (Å²) in [5, 5.41) is 5.58. The molecule has 1 aromatic rings. The highest BCUT2D eigenvalue weighted by Crippen LogP contribution is 2.34. The molecule has 2 heterocycles. The first-order chi connectivity index (χ1) is 8.25. The van der Waals surface area contributed by atoms with E-state index >= 15 is 0 Å². The van der Waals surface area contributed by atoms with Crippen molar-refractivity contribution in [1.82, 2.24) is 5.32 Å². The second kappa shape index (κ2) is 4.54. The normalized spacial score (nSPS) is 32.4. The van der Waals surface area contributed by atoms with Gasteiger partial charge in [-0.15, -0.1) is 11.3 Å². The van der Waals surface area contributed by atoms with E-state index in [1.165, 1.54) is 25.7 Å². The lowest BCUT2D eigenvalue weighted by Gasteiger charge is -2.24. The summed E-state index contributed by atoms with van der Waals surface area (Å²) in [5.41, 5.74) is 1.14. The predicted octanol–water partition coefficient (Wildman–Crippen LogP) is 3.16. The van der Waals surface area contributed by atoms with Crippen LogP contribution >= 0.6 is 11.3 Å². The first-order valence-electron chi connectivity index (χ1n) is 6.60. The summed E-state index contributed by atoms with van der Waals surface area (Å²) in [6.45, 7) is 2.03. The molecule has 1 N–H and O–H groups in total. The first-order valence-corrected chi connectivity index (χ1v) is 7.48. The van der Waals surface area contributed by atoms with Crippen LogP contribution in [-0.2, 0) is 0 Å². The fourth-order valence-corrected chi connectivity index (χ4v) is 4.23. The maximum atomic E-state index is 12.4. The van der Waals surface area contributed by atoms with Crippen molar-refractivity contribution in [3.63, 3.8) is 0 Å². The quantitative estimate of drug-likeness (QED) is 0.816. The molecule has 2 aliphatic rings. The summed E-state index contributed by atoms with van der Waals surface area (Å²) in [6, 6.07) is 2.73. The van der Waals surface area contributed by atoms with Crippen LogP contribution in [0.3, 0.4) is 0 Å². The van der Waals surface area contributed by atoms with Crippen molar-refractivity contribution in [2.75, 3.05) is 0 Å². The number of nitrogens with one attached hydrogen (secondary N) is 1. The summed E-state index contributed by atoms with van der Waals surface area (Å²) in [6.07, 6.45) is 6.30. The van der Waals surface area contributed by atoms with Gasteiger partial charge in [-0.1, -0.05) is 12.8 Å². The summed E-state index contributed by atoms with van der Waals surface area (Å²) in [4.78, 5) is 13.4. The molecule has 3 atom stereocenters. The van der Waals surface area contributed by atoms with E-state index in [2.05, 4.69) is 5.32 Å². The number of carbonyl (C=O) groups is 1. The van der Waals surface area contributed by atoms with Gasteiger partial charge in [-0.25, -0.2) is 0 Å². The zero-order valence-electron chi connectivity index (χ0n) is 10.2. The molecule has 92 valence electrons. The van der Waals surface area contributed by atoms with Gasteiger partial charge in [-0.3, -0.25) is 4.79 Å². The standard InChI is InChI=1S/C14H19NOS/c1-9-6-7-17-14(9)13(16)12-8-10-4-2-3-5-11(10)15-12/h6-7,10-12,15H,2-5,8H2,1H3. The van der Waals surface area contributed by atoms with E-state index in [1.54, 1.807) is 11.3 Å². The second-order valence-corrected chi connectivity index (χ2v) is 6.32. The van der Waals surface area contributed by atoms with Crippen LogP contribution in [0.5, 0.6) is 0 Å². The topological polar surface area (TPSA) is 29.1 Å². The fraction of sp³-hybridized carbons (Fsp3) is 0.643. The molecule has 3 unspecified atom stereocenters. The molecule has 17 heavy (non-hydrogen) atoms. The van der Waals surface area contributed by atoms with E-state index in [4.69, 9.17) is 0 Å². The van der Waals surface area contributed by atoms with E-state index in [9.17, 15) is 4.79 Å². The molecule has 1 saturated carbocycles. The van der Waals surface area contributed by atoms with Gasteiger partial charge in [-0.2, -0.15) is 0 Å². The Morgan fingerprint density at radius 3 is 2.94 bits per heavy atom. The van der Waals surface area contributed by atoms with Crippen LogP contribution in [0, 0.1) is 12.8 Å². The molecule has 1 saturated heterocycles. The Kier molecular flexibility index (Phi) is 3.05. The number of aryl methyl sites for hydroxylation is 1. The Morgan fingerprint density at radius 1 is 1.41 bits per heavy atom. The maximum absolute atomic E-state index is 12.4. The fourth-order valence-electron chi connectivity index (χ4n) is 3.30. The molecule has 0 bridgehead atoms. The Morgan fingerprint density at radius 2 is 2.24 bits per heavy atom. The Bertz CT molecular complexity index is 412. The Hall–Kier alpha value is -0.670. The number of ketones is 1.